The zero-order valence-electron chi connectivity index (χ0n) is 18.8. The number of piperazine rings is 1. The summed E-state index contributed by atoms with van der Waals surface area (Å²) in [4.78, 5) is 27.8. The lowest BCUT2D eigenvalue weighted by Crippen LogP contribution is -2.47. The number of carbonyl (C=O) groups is 1. The predicted molar refractivity (Wildman–Crippen MR) is 122 cm³/mol. The van der Waals surface area contributed by atoms with Gasteiger partial charge in [-0.05, 0) is 30.0 Å². The number of aryl methyl sites for hydroxylation is 1. The van der Waals surface area contributed by atoms with Crippen LogP contribution in [0.5, 0.6) is 0 Å². The molecule has 0 aliphatic carbocycles. The number of hydrogen-bond acceptors (Lipinski definition) is 6. The quantitative estimate of drug-likeness (QED) is 0.815. The maximum Gasteiger partial charge on any atom is 0.232 e. The Balaban J connectivity index is 1.39. The molecule has 3 heterocycles. The van der Waals surface area contributed by atoms with Crippen molar-refractivity contribution >= 4 is 17.4 Å². The van der Waals surface area contributed by atoms with Crippen LogP contribution in [0.2, 0.25) is 0 Å². The molecule has 1 saturated heterocycles. The number of benzene rings is 1. The fourth-order valence-electron chi connectivity index (χ4n) is 4.40. The molecule has 31 heavy (non-hydrogen) atoms. The van der Waals surface area contributed by atoms with Crippen LogP contribution in [0.3, 0.4) is 0 Å². The number of aliphatic hydroxyl groups is 1. The summed E-state index contributed by atoms with van der Waals surface area (Å²) in [7, 11) is 0. The second-order valence-corrected chi connectivity index (χ2v) is 9.57. The molecule has 0 bridgehead atoms. The van der Waals surface area contributed by atoms with E-state index in [0.29, 0.717) is 6.54 Å². The average Bonchev–Trinajstić information content (AvgIpc) is 2.78. The van der Waals surface area contributed by atoms with Gasteiger partial charge < -0.3 is 14.9 Å². The van der Waals surface area contributed by atoms with Crippen LogP contribution >= 0.6 is 0 Å². The number of β-amino-alcohol motifs (C(OH)–C–C–N with tert-alkyl or cyclic N) is 1. The summed E-state index contributed by atoms with van der Waals surface area (Å²) in [6.45, 7) is 10.8. The summed E-state index contributed by atoms with van der Waals surface area (Å²) < 4.78 is 0. The molecule has 1 N–H and O–H groups in total. The van der Waals surface area contributed by atoms with Gasteiger partial charge in [0.25, 0.3) is 0 Å². The number of amides is 1. The standard InChI is InChI=1S/C24H33N5O2/c1-24(2,3)23(31)29-10-4-5-18-15-19(6-7-20(18)29)21(30)17-27-11-13-28(14-12-27)22-16-25-8-9-26-22/h6-9,15-16,21,30H,4-5,10-14,17H2,1-3H3/t21-/m0/s1. The van der Waals surface area contributed by atoms with Gasteiger partial charge >= 0.3 is 0 Å². The molecule has 2 aromatic rings. The Labute approximate surface area is 184 Å². The minimum Gasteiger partial charge on any atom is -0.387 e. The molecule has 2 aliphatic heterocycles. The summed E-state index contributed by atoms with van der Waals surface area (Å²) in [5.74, 6) is 1.06. The van der Waals surface area contributed by atoms with Crippen LogP contribution < -0.4 is 9.80 Å². The van der Waals surface area contributed by atoms with E-state index in [2.05, 4.69) is 25.8 Å². The van der Waals surface area contributed by atoms with Crippen LogP contribution in [0.15, 0.2) is 36.8 Å². The molecular weight excluding hydrogens is 390 g/mol. The van der Waals surface area contributed by atoms with Gasteiger partial charge in [-0.25, -0.2) is 4.98 Å². The molecule has 0 unspecified atom stereocenters. The highest BCUT2D eigenvalue weighted by Gasteiger charge is 2.31. The van der Waals surface area contributed by atoms with Crippen molar-refractivity contribution in [2.45, 2.75) is 39.7 Å². The number of carbonyl (C=O) groups excluding carboxylic acids is 1. The highest BCUT2D eigenvalue weighted by molar-refractivity contribution is 5.98. The van der Waals surface area contributed by atoms with Crippen LogP contribution in [0, 0.1) is 5.41 Å². The van der Waals surface area contributed by atoms with Gasteiger partial charge in [-0.2, -0.15) is 0 Å². The Bertz CT molecular complexity index is 904. The van der Waals surface area contributed by atoms with Crippen molar-refractivity contribution in [1.82, 2.24) is 14.9 Å². The van der Waals surface area contributed by atoms with Crippen molar-refractivity contribution < 1.29 is 9.90 Å². The average molecular weight is 424 g/mol. The normalized spacial score (nSPS) is 18.6. The van der Waals surface area contributed by atoms with Crippen molar-refractivity contribution in [3.8, 4) is 0 Å². The first-order chi connectivity index (χ1) is 14.8. The van der Waals surface area contributed by atoms with Gasteiger partial charge in [0.2, 0.25) is 5.91 Å². The third-order valence-electron chi connectivity index (χ3n) is 6.17. The Morgan fingerprint density at radius 1 is 1.13 bits per heavy atom. The van der Waals surface area contributed by atoms with Crippen LogP contribution in [-0.4, -0.2) is 65.2 Å². The molecule has 2 aliphatic rings. The van der Waals surface area contributed by atoms with E-state index in [0.717, 1.165) is 68.2 Å². The summed E-state index contributed by atoms with van der Waals surface area (Å²) in [6.07, 6.45) is 6.57. The van der Waals surface area contributed by atoms with E-state index in [9.17, 15) is 9.90 Å². The molecule has 1 fully saturated rings. The van der Waals surface area contributed by atoms with Crippen molar-refractivity contribution in [3.05, 3.63) is 47.9 Å². The molecule has 1 aromatic heterocycles. The monoisotopic (exact) mass is 423 g/mol. The highest BCUT2D eigenvalue weighted by Crippen LogP contribution is 2.33. The van der Waals surface area contributed by atoms with Crippen LogP contribution in [0.1, 0.15) is 44.4 Å². The Kier molecular flexibility index (Phi) is 6.25. The van der Waals surface area contributed by atoms with Gasteiger partial charge in [0.05, 0.1) is 12.3 Å². The van der Waals surface area contributed by atoms with E-state index < -0.39 is 11.5 Å². The first kappa shape index (κ1) is 21.7. The lowest BCUT2D eigenvalue weighted by molar-refractivity contribution is -0.125. The Morgan fingerprint density at radius 2 is 1.90 bits per heavy atom. The largest absolute Gasteiger partial charge is 0.387 e. The Morgan fingerprint density at radius 3 is 2.58 bits per heavy atom. The topological polar surface area (TPSA) is 72.8 Å². The van der Waals surface area contributed by atoms with Gasteiger partial charge in [0.1, 0.15) is 5.82 Å². The zero-order chi connectivity index (χ0) is 22.0. The maximum absolute atomic E-state index is 12.9. The number of rotatable bonds is 4. The summed E-state index contributed by atoms with van der Waals surface area (Å²) in [6, 6.07) is 6.09. The fraction of sp³-hybridized carbons (Fsp3) is 0.542. The van der Waals surface area contributed by atoms with E-state index in [1.807, 2.05) is 37.8 Å². The van der Waals surface area contributed by atoms with Gasteiger partial charge in [-0.15, -0.1) is 0 Å². The van der Waals surface area contributed by atoms with E-state index in [1.54, 1.807) is 18.6 Å². The maximum atomic E-state index is 12.9. The first-order valence-corrected chi connectivity index (χ1v) is 11.2. The van der Waals surface area contributed by atoms with E-state index >= 15 is 0 Å². The van der Waals surface area contributed by atoms with Crippen molar-refractivity contribution in [3.63, 3.8) is 0 Å². The molecule has 0 spiro atoms. The minimum absolute atomic E-state index is 0.155. The minimum atomic E-state index is -0.540. The third kappa shape index (κ3) is 4.88. The SMILES string of the molecule is CC(C)(C)C(=O)N1CCCc2cc([C@@H](O)CN3CCN(c4cnccn4)CC3)ccc21. The van der Waals surface area contributed by atoms with Crippen LogP contribution in [0.25, 0.3) is 0 Å². The number of aliphatic hydroxyl groups excluding tert-OH is 1. The summed E-state index contributed by atoms with van der Waals surface area (Å²) in [5.41, 5.74) is 2.69. The molecule has 1 atom stereocenters. The fourth-order valence-corrected chi connectivity index (χ4v) is 4.40. The van der Waals surface area contributed by atoms with E-state index in [1.165, 1.54) is 0 Å². The molecule has 7 nitrogen and oxygen atoms in total. The lowest BCUT2D eigenvalue weighted by Gasteiger charge is -2.36. The Hall–Kier alpha value is -2.51. The summed E-state index contributed by atoms with van der Waals surface area (Å²) >= 11 is 0. The zero-order valence-corrected chi connectivity index (χ0v) is 18.8. The molecule has 166 valence electrons. The second-order valence-electron chi connectivity index (χ2n) is 9.57. The third-order valence-corrected chi connectivity index (χ3v) is 6.17. The molecule has 1 aromatic carbocycles. The van der Waals surface area contributed by atoms with Crippen molar-refractivity contribution in [2.24, 2.45) is 5.41 Å². The van der Waals surface area contributed by atoms with Gasteiger partial charge in [0, 0.05) is 62.8 Å². The van der Waals surface area contributed by atoms with E-state index in [4.69, 9.17) is 0 Å². The number of anilines is 2. The molecule has 1 amide bonds. The van der Waals surface area contributed by atoms with Crippen LogP contribution in [-0.2, 0) is 11.2 Å². The number of fused-ring (bicyclic) bond motifs is 1. The van der Waals surface area contributed by atoms with E-state index in [-0.39, 0.29) is 5.91 Å². The van der Waals surface area contributed by atoms with Crippen molar-refractivity contribution in [1.29, 1.82) is 0 Å². The van der Waals surface area contributed by atoms with Crippen LogP contribution in [0.4, 0.5) is 11.5 Å². The highest BCUT2D eigenvalue weighted by atomic mass is 16.3. The number of nitrogens with zero attached hydrogens (tertiary/aromatic N) is 5. The first-order valence-electron chi connectivity index (χ1n) is 11.2. The molecule has 7 heteroatoms. The predicted octanol–water partition coefficient (Wildman–Crippen LogP) is 2.66. The lowest BCUT2D eigenvalue weighted by atomic mass is 9.91. The summed E-state index contributed by atoms with van der Waals surface area (Å²) in [5, 5.41) is 10.9. The molecule has 4 rings (SSSR count). The van der Waals surface area contributed by atoms with Gasteiger partial charge in [0.15, 0.2) is 0 Å². The molecular formula is C24H33N5O2. The van der Waals surface area contributed by atoms with Crippen molar-refractivity contribution in [2.75, 3.05) is 49.1 Å². The molecule has 0 saturated carbocycles. The second kappa shape index (κ2) is 8.93. The molecule has 0 radical (unpaired) electrons. The number of hydrogen-bond donors (Lipinski definition) is 1. The smallest absolute Gasteiger partial charge is 0.232 e. The number of aromatic nitrogens is 2. The van der Waals surface area contributed by atoms with Gasteiger partial charge in [-0.3, -0.25) is 14.7 Å². The van der Waals surface area contributed by atoms with Gasteiger partial charge in [-0.1, -0.05) is 32.9 Å².